The lowest BCUT2D eigenvalue weighted by molar-refractivity contribution is 0.0757. The molecule has 5 heteroatoms. The summed E-state index contributed by atoms with van der Waals surface area (Å²) in [5, 5.41) is 3.39. The summed E-state index contributed by atoms with van der Waals surface area (Å²) < 4.78 is 12.7. The fraction of sp³-hybridized carbons (Fsp3) is 0.417. The van der Waals surface area contributed by atoms with Gasteiger partial charge in [0.1, 0.15) is 5.65 Å². The summed E-state index contributed by atoms with van der Waals surface area (Å²) in [4.78, 5) is 4.59. The molecule has 17 heavy (non-hydrogen) atoms. The molecule has 0 aromatic carbocycles. The van der Waals surface area contributed by atoms with Crippen LogP contribution in [-0.2, 0) is 4.74 Å². The SMILES string of the molecule is COc1cccc2nc(C3COCCN3)cn12. The van der Waals surface area contributed by atoms with Crippen LogP contribution in [0.15, 0.2) is 24.4 Å². The lowest BCUT2D eigenvalue weighted by Crippen LogP contribution is -2.34. The van der Waals surface area contributed by atoms with E-state index in [0.29, 0.717) is 6.61 Å². The summed E-state index contributed by atoms with van der Waals surface area (Å²) in [6, 6.07) is 6.00. The van der Waals surface area contributed by atoms with Crippen molar-refractivity contribution in [2.45, 2.75) is 6.04 Å². The Bertz CT molecular complexity index is 517. The molecule has 3 rings (SSSR count). The fourth-order valence-electron chi connectivity index (χ4n) is 2.09. The molecular formula is C12H15N3O2. The van der Waals surface area contributed by atoms with E-state index < -0.39 is 0 Å². The van der Waals surface area contributed by atoms with E-state index in [1.165, 1.54) is 0 Å². The first-order valence-electron chi connectivity index (χ1n) is 5.71. The second-order valence-electron chi connectivity index (χ2n) is 4.04. The van der Waals surface area contributed by atoms with Gasteiger partial charge in [0, 0.05) is 12.7 Å². The molecule has 1 aliphatic heterocycles. The normalized spacial score (nSPS) is 20.6. The van der Waals surface area contributed by atoms with Gasteiger partial charge in [-0.25, -0.2) is 4.98 Å². The summed E-state index contributed by atoms with van der Waals surface area (Å²) in [7, 11) is 1.66. The lowest BCUT2D eigenvalue weighted by atomic mass is 10.2. The molecule has 0 bridgehead atoms. The summed E-state index contributed by atoms with van der Waals surface area (Å²) >= 11 is 0. The van der Waals surface area contributed by atoms with E-state index in [1.54, 1.807) is 7.11 Å². The molecule has 1 unspecified atom stereocenters. The van der Waals surface area contributed by atoms with Gasteiger partial charge in [-0.3, -0.25) is 4.40 Å². The number of ether oxygens (including phenoxy) is 2. The minimum atomic E-state index is 0.174. The number of nitrogens with zero attached hydrogens (tertiary/aromatic N) is 2. The maximum absolute atomic E-state index is 5.45. The Morgan fingerprint density at radius 2 is 2.47 bits per heavy atom. The Morgan fingerprint density at radius 1 is 1.53 bits per heavy atom. The van der Waals surface area contributed by atoms with Crippen molar-refractivity contribution in [2.75, 3.05) is 26.9 Å². The summed E-state index contributed by atoms with van der Waals surface area (Å²) in [5.41, 5.74) is 1.89. The first-order valence-corrected chi connectivity index (χ1v) is 5.71. The highest BCUT2D eigenvalue weighted by molar-refractivity contribution is 5.44. The predicted molar refractivity (Wildman–Crippen MR) is 63.3 cm³/mol. The monoisotopic (exact) mass is 233 g/mol. The topological polar surface area (TPSA) is 47.8 Å². The van der Waals surface area contributed by atoms with Crippen molar-refractivity contribution in [3.05, 3.63) is 30.1 Å². The van der Waals surface area contributed by atoms with Crippen molar-refractivity contribution in [1.29, 1.82) is 0 Å². The average molecular weight is 233 g/mol. The maximum Gasteiger partial charge on any atom is 0.198 e. The molecule has 2 aromatic heterocycles. The zero-order valence-corrected chi connectivity index (χ0v) is 9.72. The Balaban J connectivity index is 2.00. The second kappa shape index (κ2) is 4.35. The molecular weight excluding hydrogens is 218 g/mol. The fourth-order valence-corrected chi connectivity index (χ4v) is 2.09. The molecule has 0 radical (unpaired) electrons. The Hall–Kier alpha value is -1.59. The van der Waals surface area contributed by atoms with Crippen molar-refractivity contribution < 1.29 is 9.47 Å². The molecule has 5 nitrogen and oxygen atoms in total. The van der Waals surface area contributed by atoms with Crippen molar-refractivity contribution in [1.82, 2.24) is 14.7 Å². The van der Waals surface area contributed by atoms with Crippen molar-refractivity contribution >= 4 is 5.65 Å². The van der Waals surface area contributed by atoms with Gasteiger partial charge in [0.05, 0.1) is 32.1 Å². The highest BCUT2D eigenvalue weighted by Gasteiger charge is 2.18. The van der Waals surface area contributed by atoms with Gasteiger partial charge in [0.2, 0.25) is 0 Å². The summed E-state index contributed by atoms with van der Waals surface area (Å²) in [6.07, 6.45) is 2.00. The van der Waals surface area contributed by atoms with E-state index in [-0.39, 0.29) is 6.04 Å². The molecule has 1 atom stereocenters. The van der Waals surface area contributed by atoms with E-state index in [2.05, 4.69) is 10.3 Å². The molecule has 1 fully saturated rings. The third-order valence-corrected chi connectivity index (χ3v) is 2.96. The largest absolute Gasteiger partial charge is 0.482 e. The molecule has 1 saturated heterocycles. The molecule has 3 heterocycles. The first-order chi connectivity index (χ1) is 8.38. The van der Waals surface area contributed by atoms with Gasteiger partial charge in [0.15, 0.2) is 5.88 Å². The van der Waals surface area contributed by atoms with Crippen LogP contribution in [0.4, 0.5) is 0 Å². The minimum Gasteiger partial charge on any atom is -0.482 e. The van der Waals surface area contributed by atoms with Crippen LogP contribution in [0.1, 0.15) is 11.7 Å². The molecule has 90 valence electrons. The number of aromatic nitrogens is 2. The molecule has 1 aliphatic rings. The van der Waals surface area contributed by atoms with Crippen LogP contribution in [0.3, 0.4) is 0 Å². The predicted octanol–water partition coefficient (Wildman–Crippen LogP) is 1.00. The van der Waals surface area contributed by atoms with E-state index in [4.69, 9.17) is 9.47 Å². The van der Waals surface area contributed by atoms with Gasteiger partial charge in [-0.05, 0) is 12.1 Å². The van der Waals surface area contributed by atoms with Crippen LogP contribution in [0.5, 0.6) is 5.88 Å². The third-order valence-electron chi connectivity index (χ3n) is 2.96. The van der Waals surface area contributed by atoms with Crippen molar-refractivity contribution in [2.24, 2.45) is 0 Å². The van der Waals surface area contributed by atoms with Crippen molar-refractivity contribution in [3.63, 3.8) is 0 Å². The standard InChI is InChI=1S/C12H15N3O2/c1-16-12-4-2-3-11-14-9(7-15(11)12)10-8-17-6-5-13-10/h2-4,7,10,13H,5-6,8H2,1H3. The highest BCUT2D eigenvalue weighted by atomic mass is 16.5. The van der Waals surface area contributed by atoms with E-state index in [9.17, 15) is 0 Å². The number of fused-ring (bicyclic) bond motifs is 1. The number of imidazole rings is 1. The zero-order valence-electron chi connectivity index (χ0n) is 9.72. The van der Waals surface area contributed by atoms with Gasteiger partial charge in [-0.1, -0.05) is 6.07 Å². The Labute approximate surface area is 99.4 Å². The molecule has 2 aromatic rings. The number of pyridine rings is 1. The highest BCUT2D eigenvalue weighted by Crippen LogP contribution is 2.20. The number of hydrogen-bond acceptors (Lipinski definition) is 4. The van der Waals surface area contributed by atoms with Crippen LogP contribution in [0.2, 0.25) is 0 Å². The van der Waals surface area contributed by atoms with Gasteiger partial charge in [0.25, 0.3) is 0 Å². The number of methoxy groups -OCH3 is 1. The zero-order chi connectivity index (χ0) is 11.7. The van der Waals surface area contributed by atoms with Gasteiger partial charge in [-0.2, -0.15) is 0 Å². The quantitative estimate of drug-likeness (QED) is 0.840. The number of morpholine rings is 1. The van der Waals surface area contributed by atoms with Crippen LogP contribution in [-0.4, -0.2) is 36.3 Å². The smallest absolute Gasteiger partial charge is 0.198 e. The van der Waals surface area contributed by atoms with E-state index in [0.717, 1.165) is 30.4 Å². The minimum absolute atomic E-state index is 0.174. The molecule has 0 spiro atoms. The Kier molecular flexibility index (Phi) is 2.70. The molecule has 0 amide bonds. The third kappa shape index (κ3) is 1.87. The van der Waals surface area contributed by atoms with Gasteiger partial charge >= 0.3 is 0 Å². The number of hydrogen-bond donors (Lipinski definition) is 1. The lowest BCUT2D eigenvalue weighted by Gasteiger charge is -2.21. The van der Waals surface area contributed by atoms with E-state index >= 15 is 0 Å². The first kappa shape index (κ1) is 10.6. The molecule has 0 saturated carbocycles. The maximum atomic E-state index is 5.45. The van der Waals surface area contributed by atoms with Crippen LogP contribution >= 0.6 is 0 Å². The summed E-state index contributed by atoms with van der Waals surface area (Å²) in [5.74, 6) is 0.790. The van der Waals surface area contributed by atoms with E-state index in [1.807, 2.05) is 28.8 Å². The van der Waals surface area contributed by atoms with Crippen LogP contribution in [0, 0.1) is 0 Å². The summed E-state index contributed by atoms with van der Waals surface area (Å²) in [6.45, 7) is 2.31. The van der Waals surface area contributed by atoms with Gasteiger partial charge in [-0.15, -0.1) is 0 Å². The molecule has 0 aliphatic carbocycles. The Morgan fingerprint density at radius 3 is 3.24 bits per heavy atom. The van der Waals surface area contributed by atoms with Crippen LogP contribution in [0.25, 0.3) is 5.65 Å². The average Bonchev–Trinajstić information content (AvgIpc) is 2.83. The van der Waals surface area contributed by atoms with Gasteiger partial charge < -0.3 is 14.8 Å². The number of rotatable bonds is 2. The van der Waals surface area contributed by atoms with Crippen molar-refractivity contribution in [3.8, 4) is 5.88 Å². The molecule has 1 N–H and O–H groups in total. The second-order valence-corrected chi connectivity index (χ2v) is 4.04. The van der Waals surface area contributed by atoms with Crippen LogP contribution < -0.4 is 10.1 Å². The number of nitrogens with one attached hydrogen (secondary N) is 1.